The van der Waals surface area contributed by atoms with Gasteiger partial charge in [0.1, 0.15) is 5.70 Å². The van der Waals surface area contributed by atoms with Gasteiger partial charge in [-0.05, 0) is 53.6 Å². The molecule has 1 heterocycles. The number of carbonyl (C=O) groups is 2. The Labute approximate surface area is 177 Å². The molecule has 0 radical (unpaired) electrons. The second-order valence-corrected chi connectivity index (χ2v) is 6.21. The Morgan fingerprint density at radius 3 is 2.26 bits per heavy atom. The van der Waals surface area contributed by atoms with Gasteiger partial charge in [-0.1, -0.05) is 18.2 Å². The first kappa shape index (κ1) is 21.1. The van der Waals surface area contributed by atoms with Crippen LogP contribution >= 0.6 is 0 Å². The van der Waals surface area contributed by atoms with Crippen LogP contribution in [-0.4, -0.2) is 27.9 Å². The standard InChI is InChI=1S/C22H17N5O4/c28-21(18-4-2-1-3-5-18)25-20(14-16-6-8-19(9-7-16)27(30)31)22(29)26-24-15-17-10-12-23-13-11-17/h1-15H,(H,25,28)(H,26,29)/b20-14+,24-15+. The fourth-order valence-electron chi connectivity index (χ4n) is 2.48. The lowest BCUT2D eigenvalue weighted by molar-refractivity contribution is -0.384. The molecule has 0 aliphatic carbocycles. The number of nitro groups is 1. The van der Waals surface area contributed by atoms with E-state index in [4.69, 9.17) is 0 Å². The van der Waals surface area contributed by atoms with E-state index in [0.717, 1.165) is 5.56 Å². The topological polar surface area (TPSA) is 127 Å². The van der Waals surface area contributed by atoms with Crippen molar-refractivity contribution in [1.29, 1.82) is 0 Å². The molecular weight excluding hydrogens is 398 g/mol. The van der Waals surface area contributed by atoms with Crippen LogP contribution in [-0.2, 0) is 4.79 Å². The molecule has 0 saturated heterocycles. The lowest BCUT2D eigenvalue weighted by Crippen LogP contribution is -2.32. The number of hydrogen-bond acceptors (Lipinski definition) is 6. The van der Waals surface area contributed by atoms with Crippen molar-refractivity contribution in [2.75, 3.05) is 0 Å². The van der Waals surface area contributed by atoms with E-state index >= 15 is 0 Å². The fraction of sp³-hybridized carbons (Fsp3) is 0. The van der Waals surface area contributed by atoms with Crippen LogP contribution in [0.15, 0.2) is 89.9 Å². The lowest BCUT2D eigenvalue weighted by atomic mass is 10.1. The summed E-state index contributed by atoms with van der Waals surface area (Å²) >= 11 is 0. The molecule has 0 saturated carbocycles. The van der Waals surface area contributed by atoms with Gasteiger partial charge in [0.2, 0.25) is 0 Å². The van der Waals surface area contributed by atoms with E-state index in [0.29, 0.717) is 11.1 Å². The molecule has 2 amide bonds. The summed E-state index contributed by atoms with van der Waals surface area (Å²) in [5.74, 6) is -1.14. The number of carbonyl (C=O) groups excluding carboxylic acids is 2. The molecule has 0 aliphatic heterocycles. The highest BCUT2D eigenvalue weighted by molar-refractivity contribution is 6.05. The third kappa shape index (κ3) is 6.16. The predicted molar refractivity (Wildman–Crippen MR) is 115 cm³/mol. The molecule has 0 spiro atoms. The number of pyridine rings is 1. The van der Waals surface area contributed by atoms with Gasteiger partial charge in [0, 0.05) is 30.1 Å². The SMILES string of the molecule is O=C(N/N=C/c1ccncc1)/C(=C\c1ccc([N+](=O)[O-])cc1)NC(=O)c1ccccc1. The number of rotatable bonds is 7. The number of nitrogens with one attached hydrogen (secondary N) is 2. The molecule has 3 rings (SSSR count). The first-order chi connectivity index (χ1) is 15.0. The summed E-state index contributed by atoms with van der Waals surface area (Å²) in [7, 11) is 0. The Balaban J connectivity index is 1.82. The van der Waals surface area contributed by atoms with Crippen LogP contribution in [0.5, 0.6) is 0 Å². The summed E-state index contributed by atoms with van der Waals surface area (Å²) in [5.41, 5.74) is 3.78. The van der Waals surface area contributed by atoms with E-state index < -0.39 is 16.7 Å². The molecule has 0 bridgehead atoms. The molecule has 2 aromatic carbocycles. The third-order valence-electron chi connectivity index (χ3n) is 4.03. The highest BCUT2D eigenvalue weighted by Crippen LogP contribution is 2.14. The van der Waals surface area contributed by atoms with Crippen LogP contribution < -0.4 is 10.7 Å². The maximum atomic E-state index is 12.7. The van der Waals surface area contributed by atoms with Crippen molar-refractivity contribution < 1.29 is 14.5 Å². The van der Waals surface area contributed by atoms with Crippen LogP contribution in [0.3, 0.4) is 0 Å². The molecule has 3 aromatic rings. The Morgan fingerprint density at radius 1 is 0.935 bits per heavy atom. The molecule has 9 heteroatoms. The Morgan fingerprint density at radius 2 is 1.61 bits per heavy atom. The molecule has 154 valence electrons. The second-order valence-electron chi connectivity index (χ2n) is 6.21. The minimum Gasteiger partial charge on any atom is -0.317 e. The number of aromatic nitrogens is 1. The monoisotopic (exact) mass is 415 g/mol. The largest absolute Gasteiger partial charge is 0.317 e. The number of hydrogen-bond donors (Lipinski definition) is 2. The first-order valence-electron chi connectivity index (χ1n) is 9.09. The normalized spacial score (nSPS) is 11.2. The number of benzene rings is 2. The predicted octanol–water partition coefficient (Wildman–Crippen LogP) is 2.91. The average Bonchev–Trinajstić information content (AvgIpc) is 2.80. The van der Waals surface area contributed by atoms with E-state index in [1.54, 1.807) is 54.9 Å². The molecule has 0 aliphatic rings. The maximum Gasteiger partial charge on any atom is 0.287 e. The molecule has 1 aromatic heterocycles. The molecule has 9 nitrogen and oxygen atoms in total. The zero-order chi connectivity index (χ0) is 22.1. The second kappa shape index (κ2) is 10.2. The highest BCUT2D eigenvalue weighted by atomic mass is 16.6. The van der Waals surface area contributed by atoms with Gasteiger partial charge in [-0.3, -0.25) is 24.7 Å². The zero-order valence-corrected chi connectivity index (χ0v) is 16.1. The van der Waals surface area contributed by atoms with Gasteiger partial charge in [-0.25, -0.2) is 5.43 Å². The van der Waals surface area contributed by atoms with E-state index in [9.17, 15) is 19.7 Å². The van der Waals surface area contributed by atoms with E-state index in [2.05, 4.69) is 20.8 Å². The van der Waals surface area contributed by atoms with Gasteiger partial charge >= 0.3 is 0 Å². The summed E-state index contributed by atoms with van der Waals surface area (Å²) in [6.07, 6.45) is 6.01. The Bertz CT molecular complexity index is 1130. The summed E-state index contributed by atoms with van der Waals surface area (Å²) in [4.78, 5) is 39.4. The van der Waals surface area contributed by atoms with Crippen molar-refractivity contribution in [2.24, 2.45) is 5.10 Å². The summed E-state index contributed by atoms with van der Waals surface area (Å²) < 4.78 is 0. The summed E-state index contributed by atoms with van der Waals surface area (Å²) in [6.45, 7) is 0. The highest BCUT2D eigenvalue weighted by Gasteiger charge is 2.14. The quantitative estimate of drug-likeness (QED) is 0.265. The van der Waals surface area contributed by atoms with Gasteiger partial charge in [-0.2, -0.15) is 5.10 Å². The summed E-state index contributed by atoms with van der Waals surface area (Å²) in [6, 6.07) is 17.4. The van der Waals surface area contributed by atoms with Crippen LogP contribution in [0.25, 0.3) is 6.08 Å². The van der Waals surface area contributed by atoms with Crippen molar-refractivity contribution in [3.63, 3.8) is 0 Å². The van der Waals surface area contributed by atoms with Crippen LogP contribution in [0.4, 0.5) is 5.69 Å². The first-order valence-corrected chi connectivity index (χ1v) is 9.09. The van der Waals surface area contributed by atoms with Crippen molar-refractivity contribution >= 4 is 29.8 Å². The number of non-ortho nitro benzene ring substituents is 1. The zero-order valence-electron chi connectivity index (χ0n) is 16.1. The van der Waals surface area contributed by atoms with Gasteiger partial charge in [-0.15, -0.1) is 0 Å². The molecule has 0 unspecified atom stereocenters. The minimum absolute atomic E-state index is 0.0745. The van der Waals surface area contributed by atoms with E-state index in [1.807, 2.05) is 0 Å². The molecule has 2 N–H and O–H groups in total. The smallest absolute Gasteiger partial charge is 0.287 e. The van der Waals surface area contributed by atoms with Crippen molar-refractivity contribution in [3.8, 4) is 0 Å². The molecular formula is C22H17N5O4. The van der Waals surface area contributed by atoms with E-state index in [-0.39, 0.29) is 11.4 Å². The fourth-order valence-corrected chi connectivity index (χ4v) is 2.48. The van der Waals surface area contributed by atoms with E-state index in [1.165, 1.54) is 36.6 Å². The lowest BCUT2D eigenvalue weighted by Gasteiger charge is -2.09. The molecule has 0 atom stereocenters. The van der Waals surface area contributed by atoms with Crippen molar-refractivity contribution in [1.82, 2.24) is 15.7 Å². The Kier molecular flexibility index (Phi) is 6.94. The minimum atomic E-state index is -0.659. The van der Waals surface area contributed by atoms with Crippen molar-refractivity contribution in [2.45, 2.75) is 0 Å². The van der Waals surface area contributed by atoms with Gasteiger partial charge < -0.3 is 5.32 Å². The molecule has 31 heavy (non-hydrogen) atoms. The maximum absolute atomic E-state index is 12.7. The van der Waals surface area contributed by atoms with Gasteiger partial charge in [0.05, 0.1) is 11.1 Å². The van der Waals surface area contributed by atoms with Gasteiger partial charge in [0.15, 0.2) is 0 Å². The number of nitro benzene ring substituents is 1. The molecule has 0 fully saturated rings. The van der Waals surface area contributed by atoms with Gasteiger partial charge in [0.25, 0.3) is 17.5 Å². The summed E-state index contributed by atoms with van der Waals surface area (Å²) in [5, 5.41) is 17.3. The van der Waals surface area contributed by atoms with Crippen LogP contribution in [0.1, 0.15) is 21.5 Å². The Hall–Kier alpha value is -4.66. The van der Waals surface area contributed by atoms with Crippen LogP contribution in [0, 0.1) is 10.1 Å². The third-order valence-corrected chi connectivity index (χ3v) is 4.03. The number of nitrogens with zero attached hydrogens (tertiary/aromatic N) is 3. The number of hydrazone groups is 1. The van der Waals surface area contributed by atoms with Crippen LogP contribution in [0.2, 0.25) is 0 Å². The average molecular weight is 415 g/mol. The number of amides is 2. The van der Waals surface area contributed by atoms with Crippen molar-refractivity contribution in [3.05, 3.63) is 112 Å².